The van der Waals surface area contributed by atoms with Crippen molar-refractivity contribution >= 4 is 5.91 Å². The van der Waals surface area contributed by atoms with E-state index >= 15 is 0 Å². The van der Waals surface area contributed by atoms with Crippen LogP contribution in [-0.4, -0.2) is 58.0 Å². The van der Waals surface area contributed by atoms with Crippen molar-refractivity contribution in [3.8, 4) is 0 Å². The molecule has 3 heterocycles. The van der Waals surface area contributed by atoms with Crippen molar-refractivity contribution in [2.24, 2.45) is 5.92 Å². The van der Waals surface area contributed by atoms with Crippen molar-refractivity contribution in [2.75, 3.05) is 26.7 Å². The van der Waals surface area contributed by atoms with E-state index in [0.29, 0.717) is 12.3 Å². The zero-order chi connectivity index (χ0) is 16.2. The topological polar surface area (TPSA) is 41.4 Å². The number of imidazole rings is 1. The molecular weight excluding hydrogens is 288 g/mol. The number of hydrogen-bond acceptors (Lipinski definition) is 3. The van der Waals surface area contributed by atoms with Gasteiger partial charge in [-0.05, 0) is 52.1 Å². The number of carbonyl (C=O) groups excluding carboxylic acids is 1. The number of aromatic nitrogens is 2. The van der Waals surface area contributed by atoms with Crippen molar-refractivity contribution in [3.63, 3.8) is 0 Å². The Balaban J connectivity index is 1.44. The van der Waals surface area contributed by atoms with E-state index in [0.717, 1.165) is 37.4 Å². The lowest BCUT2D eigenvalue weighted by Crippen LogP contribution is -2.47. The summed E-state index contributed by atoms with van der Waals surface area (Å²) in [5.41, 5.74) is 0. The molecule has 0 N–H and O–H groups in total. The summed E-state index contributed by atoms with van der Waals surface area (Å²) in [7, 11) is 2.27. The summed E-state index contributed by atoms with van der Waals surface area (Å²) in [4.78, 5) is 21.3. The predicted molar refractivity (Wildman–Crippen MR) is 91.2 cm³/mol. The van der Waals surface area contributed by atoms with E-state index in [2.05, 4.69) is 26.4 Å². The van der Waals surface area contributed by atoms with Crippen LogP contribution in [0.5, 0.6) is 0 Å². The zero-order valence-electron chi connectivity index (χ0n) is 14.6. The molecule has 0 saturated carbocycles. The number of likely N-dealkylation sites (tertiary alicyclic amines) is 2. The van der Waals surface area contributed by atoms with Crippen molar-refractivity contribution in [3.05, 3.63) is 18.2 Å². The molecule has 23 heavy (non-hydrogen) atoms. The summed E-state index contributed by atoms with van der Waals surface area (Å²) in [6.07, 6.45) is 10.7. The van der Waals surface area contributed by atoms with Crippen molar-refractivity contribution in [1.29, 1.82) is 0 Å². The molecule has 0 bridgehead atoms. The molecule has 1 aromatic heterocycles. The molecule has 2 aliphatic heterocycles. The quantitative estimate of drug-likeness (QED) is 0.855. The van der Waals surface area contributed by atoms with Gasteiger partial charge >= 0.3 is 0 Å². The van der Waals surface area contributed by atoms with E-state index in [1.54, 1.807) is 6.20 Å². The smallest absolute Gasteiger partial charge is 0.224 e. The van der Waals surface area contributed by atoms with Crippen molar-refractivity contribution in [2.45, 2.75) is 58.0 Å². The first-order valence-corrected chi connectivity index (χ1v) is 9.11. The second-order valence-electron chi connectivity index (χ2n) is 7.18. The van der Waals surface area contributed by atoms with Crippen LogP contribution in [0.3, 0.4) is 0 Å². The molecule has 2 fully saturated rings. The molecule has 0 aromatic carbocycles. The van der Waals surface area contributed by atoms with Crippen LogP contribution in [-0.2, 0) is 11.3 Å². The highest BCUT2D eigenvalue weighted by Crippen LogP contribution is 2.29. The van der Waals surface area contributed by atoms with Crippen LogP contribution in [0.25, 0.3) is 0 Å². The van der Waals surface area contributed by atoms with E-state index in [9.17, 15) is 4.79 Å². The fraction of sp³-hybridized carbons (Fsp3) is 0.778. The Morgan fingerprint density at radius 2 is 2.00 bits per heavy atom. The molecule has 1 amide bonds. The monoisotopic (exact) mass is 318 g/mol. The molecule has 1 atom stereocenters. The van der Waals surface area contributed by atoms with Gasteiger partial charge in [-0.3, -0.25) is 4.79 Å². The maximum Gasteiger partial charge on any atom is 0.224 e. The summed E-state index contributed by atoms with van der Waals surface area (Å²) >= 11 is 0. The van der Waals surface area contributed by atoms with Gasteiger partial charge in [-0.15, -0.1) is 0 Å². The van der Waals surface area contributed by atoms with Gasteiger partial charge in [0.25, 0.3) is 0 Å². The number of nitrogens with zero attached hydrogens (tertiary/aromatic N) is 4. The molecular formula is C18H30N4O. The van der Waals surface area contributed by atoms with E-state index in [1.807, 2.05) is 13.1 Å². The summed E-state index contributed by atoms with van der Waals surface area (Å²) in [5.74, 6) is 2.06. The lowest BCUT2D eigenvalue weighted by atomic mass is 9.84. The van der Waals surface area contributed by atoms with Gasteiger partial charge in [-0.1, -0.05) is 6.42 Å². The normalized spacial score (nSPS) is 24.1. The van der Waals surface area contributed by atoms with Gasteiger partial charge < -0.3 is 14.4 Å². The number of aryl methyl sites for hydroxylation is 2. The molecule has 0 radical (unpaired) electrons. The Bertz CT molecular complexity index is 519. The summed E-state index contributed by atoms with van der Waals surface area (Å²) < 4.78 is 2.06. The minimum atomic E-state index is 0.300. The van der Waals surface area contributed by atoms with E-state index in [1.165, 1.54) is 38.6 Å². The van der Waals surface area contributed by atoms with Crippen molar-refractivity contribution < 1.29 is 4.79 Å². The van der Waals surface area contributed by atoms with Gasteiger partial charge in [0.15, 0.2) is 0 Å². The fourth-order valence-corrected chi connectivity index (χ4v) is 4.24. The highest BCUT2D eigenvalue weighted by molar-refractivity contribution is 5.76. The van der Waals surface area contributed by atoms with Crippen LogP contribution in [0.1, 0.15) is 44.3 Å². The zero-order valence-corrected chi connectivity index (χ0v) is 14.6. The first-order valence-electron chi connectivity index (χ1n) is 9.11. The first kappa shape index (κ1) is 16.5. The highest BCUT2D eigenvalue weighted by atomic mass is 16.2. The number of amides is 1. The number of rotatable bonds is 4. The average Bonchev–Trinajstić information content (AvgIpc) is 2.98. The fourth-order valence-electron chi connectivity index (χ4n) is 4.24. The van der Waals surface area contributed by atoms with Gasteiger partial charge in [-0.2, -0.15) is 0 Å². The molecule has 5 nitrogen and oxygen atoms in total. The van der Waals surface area contributed by atoms with Gasteiger partial charge in [0.2, 0.25) is 5.91 Å². The third kappa shape index (κ3) is 3.94. The summed E-state index contributed by atoms with van der Waals surface area (Å²) in [5, 5.41) is 0. The lowest BCUT2D eigenvalue weighted by Gasteiger charge is -2.42. The standard InChI is InChI=1S/C18H30N4O/c1-15-19-9-14-21(15)13-8-18(23)22-11-6-16(7-12-22)17-5-3-4-10-20(17)2/h9,14,16-17H,3-8,10-13H2,1-2H3. The first-order chi connectivity index (χ1) is 11.1. The van der Waals surface area contributed by atoms with Crippen LogP contribution >= 0.6 is 0 Å². The second kappa shape index (κ2) is 7.47. The molecule has 128 valence electrons. The lowest BCUT2D eigenvalue weighted by molar-refractivity contribution is -0.133. The van der Waals surface area contributed by atoms with Gasteiger partial charge in [0.05, 0.1) is 0 Å². The Labute approximate surface area is 139 Å². The van der Waals surface area contributed by atoms with E-state index < -0.39 is 0 Å². The van der Waals surface area contributed by atoms with Crippen LogP contribution in [0.2, 0.25) is 0 Å². The Morgan fingerprint density at radius 3 is 2.65 bits per heavy atom. The third-order valence-corrected chi connectivity index (χ3v) is 5.75. The van der Waals surface area contributed by atoms with Gasteiger partial charge in [0.1, 0.15) is 5.82 Å². The number of piperidine rings is 2. The summed E-state index contributed by atoms with van der Waals surface area (Å²) in [6, 6.07) is 0.745. The molecule has 1 unspecified atom stereocenters. The second-order valence-corrected chi connectivity index (χ2v) is 7.18. The van der Waals surface area contributed by atoms with Crippen LogP contribution in [0.4, 0.5) is 0 Å². The Hall–Kier alpha value is -1.36. The number of carbonyl (C=O) groups is 1. The van der Waals surface area contributed by atoms with Crippen LogP contribution in [0, 0.1) is 12.8 Å². The molecule has 3 rings (SSSR count). The summed E-state index contributed by atoms with van der Waals surface area (Å²) in [6.45, 7) is 5.86. The third-order valence-electron chi connectivity index (χ3n) is 5.75. The maximum atomic E-state index is 12.4. The SMILES string of the molecule is Cc1nccn1CCC(=O)N1CCC(C2CCCCN2C)CC1. The number of hydrogen-bond donors (Lipinski definition) is 0. The minimum Gasteiger partial charge on any atom is -0.343 e. The largest absolute Gasteiger partial charge is 0.343 e. The van der Waals surface area contributed by atoms with Gasteiger partial charge in [-0.25, -0.2) is 4.98 Å². The average molecular weight is 318 g/mol. The Kier molecular flexibility index (Phi) is 5.36. The minimum absolute atomic E-state index is 0.300. The predicted octanol–water partition coefficient (Wildman–Crippen LogP) is 2.30. The molecule has 1 aromatic rings. The van der Waals surface area contributed by atoms with Crippen LogP contribution < -0.4 is 0 Å². The molecule has 5 heteroatoms. The van der Waals surface area contributed by atoms with Crippen LogP contribution in [0.15, 0.2) is 12.4 Å². The molecule has 2 aliphatic rings. The van der Waals surface area contributed by atoms with E-state index in [-0.39, 0.29) is 0 Å². The molecule has 2 saturated heterocycles. The molecule has 0 aliphatic carbocycles. The Morgan fingerprint density at radius 1 is 1.22 bits per heavy atom. The maximum absolute atomic E-state index is 12.4. The van der Waals surface area contributed by atoms with Gasteiger partial charge in [0, 0.05) is 44.5 Å². The molecule has 0 spiro atoms. The highest BCUT2D eigenvalue weighted by Gasteiger charge is 2.31. The van der Waals surface area contributed by atoms with E-state index in [4.69, 9.17) is 0 Å². The van der Waals surface area contributed by atoms with Crippen molar-refractivity contribution in [1.82, 2.24) is 19.4 Å².